The fourth-order valence-electron chi connectivity index (χ4n) is 9.00. The maximum atomic E-state index is 15.5. The van der Waals surface area contributed by atoms with Crippen molar-refractivity contribution in [1.29, 1.82) is 5.26 Å². The van der Waals surface area contributed by atoms with Crippen molar-refractivity contribution < 1.29 is 33.1 Å². The van der Waals surface area contributed by atoms with Crippen LogP contribution in [0.4, 0.5) is 21.5 Å². The SMILES string of the molecule is N#Cc1ccc(Oc2ccc(NC(=O)c3ncc(N4CCC(N5CC6(CCN(c7cc8c(cc7F)C(=O)N(C7CCC(=O)NC7=O)C8=O)CC6)C5)CC4)cn3)cc2)cc1Cl. The summed E-state index contributed by atoms with van der Waals surface area (Å²) >= 11 is 6.10. The topological polar surface area (TPSA) is 181 Å². The van der Waals surface area contributed by atoms with Crippen LogP contribution in [0.5, 0.6) is 11.5 Å². The normalized spacial score (nSPS) is 20.4. The van der Waals surface area contributed by atoms with Crippen LogP contribution in [0.25, 0.3) is 0 Å². The van der Waals surface area contributed by atoms with Crippen molar-refractivity contribution in [2.75, 3.05) is 54.4 Å². The van der Waals surface area contributed by atoms with Gasteiger partial charge in [0.2, 0.25) is 17.6 Å². The predicted octanol–water partition coefficient (Wildman–Crippen LogP) is 5.16. The summed E-state index contributed by atoms with van der Waals surface area (Å²) in [4.78, 5) is 79.7. The molecule has 1 aromatic heterocycles. The quantitative estimate of drug-likeness (QED) is 0.223. The van der Waals surface area contributed by atoms with Crippen LogP contribution in [-0.4, -0.2) is 101 Å². The highest BCUT2D eigenvalue weighted by molar-refractivity contribution is 6.31. The molecule has 4 aromatic rings. The lowest BCUT2D eigenvalue weighted by molar-refractivity contribution is -0.136. The Hall–Kier alpha value is -6.44. The summed E-state index contributed by atoms with van der Waals surface area (Å²) in [7, 11) is 0. The van der Waals surface area contributed by atoms with Gasteiger partial charge >= 0.3 is 0 Å². The Morgan fingerprint density at radius 3 is 2.20 bits per heavy atom. The molecule has 0 bridgehead atoms. The Morgan fingerprint density at radius 2 is 1.55 bits per heavy atom. The second-order valence-corrected chi connectivity index (χ2v) is 16.4. The van der Waals surface area contributed by atoms with Gasteiger partial charge in [0.25, 0.3) is 17.7 Å². The number of anilines is 3. The van der Waals surface area contributed by atoms with Crippen LogP contribution in [0.15, 0.2) is 67.0 Å². The van der Waals surface area contributed by atoms with Gasteiger partial charge in [-0.15, -0.1) is 0 Å². The van der Waals surface area contributed by atoms with Crippen molar-refractivity contribution >= 4 is 58.2 Å². The third-order valence-electron chi connectivity index (χ3n) is 12.3. The number of carbonyl (C=O) groups excluding carboxylic acids is 5. The summed E-state index contributed by atoms with van der Waals surface area (Å²) in [6.45, 7) is 4.85. The average molecular weight is 832 g/mol. The highest BCUT2D eigenvalue weighted by atomic mass is 35.5. The van der Waals surface area contributed by atoms with E-state index in [-0.39, 0.29) is 40.9 Å². The molecule has 1 unspecified atom stereocenters. The summed E-state index contributed by atoms with van der Waals surface area (Å²) < 4.78 is 21.3. The van der Waals surface area contributed by atoms with Gasteiger partial charge in [-0.1, -0.05) is 11.6 Å². The van der Waals surface area contributed by atoms with Gasteiger partial charge in [0.15, 0.2) is 0 Å². The van der Waals surface area contributed by atoms with E-state index >= 15 is 4.39 Å². The molecule has 4 saturated heterocycles. The Labute approximate surface area is 349 Å². The van der Waals surface area contributed by atoms with Crippen LogP contribution in [0.2, 0.25) is 5.02 Å². The molecule has 9 rings (SSSR count). The van der Waals surface area contributed by atoms with Gasteiger partial charge in [0.1, 0.15) is 29.4 Å². The Morgan fingerprint density at radius 1 is 0.883 bits per heavy atom. The Kier molecular flexibility index (Phi) is 10.2. The molecule has 0 saturated carbocycles. The molecule has 2 N–H and O–H groups in total. The van der Waals surface area contributed by atoms with E-state index < -0.39 is 41.4 Å². The maximum absolute atomic E-state index is 15.5. The molecule has 5 aliphatic rings. The summed E-state index contributed by atoms with van der Waals surface area (Å²) in [6.07, 6.45) is 7.12. The first kappa shape index (κ1) is 39.0. The minimum atomic E-state index is -1.10. The zero-order chi connectivity index (χ0) is 41.7. The van der Waals surface area contributed by atoms with Crippen LogP contribution in [0, 0.1) is 22.6 Å². The maximum Gasteiger partial charge on any atom is 0.293 e. The number of imide groups is 2. The minimum Gasteiger partial charge on any atom is -0.457 e. The molecule has 5 aliphatic heterocycles. The van der Waals surface area contributed by atoms with Crippen molar-refractivity contribution in [3.8, 4) is 17.6 Å². The summed E-state index contributed by atoms with van der Waals surface area (Å²) in [5.74, 6) is -2.47. The van der Waals surface area contributed by atoms with Gasteiger partial charge in [-0.05, 0) is 86.1 Å². The van der Waals surface area contributed by atoms with Crippen molar-refractivity contribution in [1.82, 2.24) is 25.1 Å². The number of halogens is 2. The molecule has 306 valence electrons. The third kappa shape index (κ3) is 7.39. The van der Waals surface area contributed by atoms with E-state index in [2.05, 4.69) is 30.4 Å². The van der Waals surface area contributed by atoms with Crippen molar-refractivity contribution in [2.24, 2.45) is 5.41 Å². The van der Waals surface area contributed by atoms with E-state index in [0.29, 0.717) is 46.9 Å². The predicted molar refractivity (Wildman–Crippen MR) is 216 cm³/mol. The molecule has 17 heteroatoms. The van der Waals surface area contributed by atoms with Gasteiger partial charge in [0, 0.05) is 63.5 Å². The van der Waals surface area contributed by atoms with Crippen LogP contribution < -0.4 is 25.2 Å². The monoisotopic (exact) mass is 831 g/mol. The molecule has 15 nitrogen and oxygen atoms in total. The number of likely N-dealkylation sites (tertiary alicyclic amines) is 1. The van der Waals surface area contributed by atoms with E-state index in [1.54, 1.807) is 54.9 Å². The molecular formula is C43H39ClFN9O6. The number of fused-ring (bicyclic) bond motifs is 1. The zero-order valence-corrected chi connectivity index (χ0v) is 33.1. The standard InChI is InChI=1S/C43H39ClFN9O6/c44-33-17-30(4-1-25(33)20-46)60-29-5-2-26(3-6-29)49-40(57)38-47-21-28(22-48-38)51-13-9-27(10-14-51)53-23-43(24-53)11-15-52(16-12-43)36-19-32-31(18-34(36)45)41(58)54(42(32)59)35-7-8-37(55)50-39(35)56/h1-6,17-19,21-22,27,35H,7-16,23-24H2,(H,49,57)(H,50,55,56). The number of benzene rings is 3. The van der Waals surface area contributed by atoms with Crippen LogP contribution in [0.1, 0.15) is 75.4 Å². The summed E-state index contributed by atoms with van der Waals surface area (Å²) in [5.41, 5.74) is 2.21. The number of amides is 5. The molecule has 60 heavy (non-hydrogen) atoms. The van der Waals surface area contributed by atoms with E-state index in [9.17, 15) is 24.0 Å². The van der Waals surface area contributed by atoms with Crippen molar-refractivity contribution in [3.05, 3.63) is 100 Å². The largest absolute Gasteiger partial charge is 0.457 e. The number of nitriles is 1. The number of carbonyl (C=O) groups is 5. The number of nitrogens with zero attached hydrogens (tertiary/aromatic N) is 7. The Bertz CT molecular complexity index is 2450. The zero-order valence-electron chi connectivity index (χ0n) is 32.3. The molecular weight excluding hydrogens is 793 g/mol. The fraction of sp³-hybridized carbons (Fsp3) is 0.349. The highest BCUT2D eigenvalue weighted by Crippen LogP contribution is 2.44. The second-order valence-electron chi connectivity index (χ2n) is 16.0. The average Bonchev–Trinajstić information content (AvgIpc) is 3.47. The molecule has 1 atom stereocenters. The van der Waals surface area contributed by atoms with Gasteiger partial charge in [-0.3, -0.25) is 39.1 Å². The number of ether oxygens (including phenoxy) is 1. The smallest absolute Gasteiger partial charge is 0.293 e. The first-order chi connectivity index (χ1) is 29.0. The van der Waals surface area contributed by atoms with Gasteiger partial charge in [-0.2, -0.15) is 5.26 Å². The molecule has 5 amide bonds. The molecule has 0 radical (unpaired) electrons. The molecule has 3 aromatic carbocycles. The number of hydrogen-bond acceptors (Lipinski definition) is 12. The molecule has 6 heterocycles. The van der Waals surface area contributed by atoms with Crippen LogP contribution >= 0.6 is 11.6 Å². The third-order valence-corrected chi connectivity index (χ3v) is 12.7. The molecule has 4 fully saturated rings. The number of hydrogen-bond donors (Lipinski definition) is 2. The summed E-state index contributed by atoms with van der Waals surface area (Å²) in [5, 5.41) is 14.3. The lowest BCUT2D eigenvalue weighted by Gasteiger charge is -2.57. The van der Waals surface area contributed by atoms with E-state index in [1.807, 2.05) is 11.0 Å². The summed E-state index contributed by atoms with van der Waals surface area (Å²) in [6, 6.07) is 15.5. The number of nitrogens with one attached hydrogen (secondary N) is 2. The van der Waals surface area contributed by atoms with Gasteiger partial charge in [0.05, 0.1) is 45.5 Å². The highest BCUT2D eigenvalue weighted by Gasteiger charge is 2.49. The minimum absolute atomic E-state index is 0.0148. The Balaban J connectivity index is 0.729. The van der Waals surface area contributed by atoms with Crippen LogP contribution in [-0.2, 0) is 9.59 Å². The number of aromatic nitrogens is 2. The van der Waals surface area contributed by atoms with Gasteiger partial charge < -0.3 is 19.9 Å². The number of piperidine rings is 3. The van der Waals surface area contributed by atoms with E-state index in [4.69, 9.17) is 21.6 Å². The molecule has 0 aliphatic carbocycles. The lowest BCUT2D eigenvalue weighted by atomic mass is 9.70. The second kappa shape index (κ2) is 15.6. The van der Waals surface area contributed by atoms with Crippen molar-refractivity contribution in [3.63, 3.8) is 0 Å². The van der Waals surface area contributed by atoms with Gasteiger partial charge in [-0.25, -0.2) is 14.4 Å². The van der Waals surface area contributed by atoms with Crippen molar-refractivity contribution in [2.45, 2.75) is 50.6 Å². The van der Waals surface area contributed by atoms with Crippen LogP contribution in [0.3, 0.4) is 0 Å². The first-order valence-electron chi connectivity index (χ1n) is 19.9. The fourth-order valence-corrected chi connectivity index (χ4v) is 9.22. The lowest BCUT2D eigenvalue weighted by Crippen LogP contribution is -2.64. The number of rotatable bonds is 8. The molecule has 1 spiro atoms. The van der Waals surface area contributed by atoms with E-state index in [0.717, 1.165) is 68.5 Å². The first-order valence-corrected chi connectivity index (χ1v) is 20.3. The van der Waals surface area contributed by atoms with E-state index in [1.165, 1.54) is 6.07 Å².